The van der Waals surface area contributed by atoms with Crippen LogP contribution in [0.15, 0.2) is 53.9 Å². The summed E-state index contributed by atoms with van der Waals surface area (Å²) < 4.78 is 1.85. The van der Waals surface area contributed by atoms with Gasteiger partial charge in [0.15, 0.2) is 0 Å². The molecule has 1 unspecified atom stereocenters. The Labute approximate surface area is 149 Å². The number of hydrogen-bond donors (Lipinski definition) is 2. The van der Waals surface area contributed by atoms with Crippen LogP contribution < -0.4 is 16.2 Å². The van der Waals surface area contributed by atoms with Crippen molar-refractivity contribution in [3.8, 4) is 0 Å². The van der Waals surface area contributed by atoms with Crippen molar-refractivity contribution < 1.29 is 0 Å². The Morgan fingerprint density at radius 3 is 2.72 bits per heavy atom. The Morgan fingerprint density at radius 2 is 2.16 bits per heavy atom. The maximum absolute atomic E-state index is 13.2. The number of amidine groups is 1. The van der Waals surface area contributed by atoms with Crippen LogP contribution in [0.5, 0.6) is 0 Å². The van der Waals surface area contributed by atoms with E-state index in [0.717, 1.165) is 30.7 Å². The van der Waals surface area contributed by atoms with E-state index in [9.17, 15) is 4.79 Å². The minimum atomic E-state index is -0.444. The zero-order chi connectivity index (χ0) is 18.6. The lowest BCUT2D eigenvalue weighted by Gasteiger charge is -2.33. The highest BCUT2D eigenvalue weighted by molar-refractivity contribution is 6.03. The summed E-state index contributed by atoms with van der Waals surface area (Å²) in [6.45, 7) is 17.9. The molecule has 2 atom stereocenters. The number of nitrogens with zero attached hydrogens (tertiary/aromatic N) is 2. The lowest BCUT2D eigenvalue weighted by molar-refractivity contribution is 0.195. The van der Waals surface area contributed by atoms with Crippen molar-refractivity contribution in [3.63, 3.8) is 0 Å². The molecule has 1 aliphatic rings. The molecule has 2 N–H and O–H groups in total. The highest BCUT2D eigenvalue weighted by atomic mass is 16.1. The molecule has 5 nitrogen and oxygen atoms in total. The fourth-order valence-corrected chi connectivity index (χ4v) is 3.32. The third kappa shape index (κ3) is 3.45. The van der Waals surface area contributed by atoms with E-state index in [4.69, 9.17) is 0 Å². The van der Waals surface area contributed by atoms with Crippen molar-refractivity contribution >= 4 is 17.2 Å². The molecule has 2 rings (SSSR count). The summed E-state index contributed by atoms with van der Waals surface area (Å²) in [6.07, 6.45) is 5.69. The third-order valence-corrected chi connectivity index (χ3v) is 4.86. The third-order valence-electron chi connectivity index (χ3n) is 4.86. The largest absolute Gasteiger partial charge is 0.361 e. The average molecular weight is 340 g/mol. The van der Waals surface area contributed by atoms with Crippen LogP contribution in [0.25, 0.3) is 5.70 Å². The van der Waals surface area contributed by atoms with E-state index in [1.54, 1.807) is 12.1 Å². The molecule has 5 heteroatoms. The van der Waals surface area contributed by atoms with Crippen LogP contribution in [0.2, 0.25) is 0 Å². The monoisotopic (exact) mass is 340 g/mol. The summed E-state index contributed by atoms with van der Waals surface area (Å²) in [6, 6.07) is 3.68. The van der Waals surface area contributed by atoms with Crippen LogP contribution in [-0.2, 0) is 5.66 Å². The Morgan fingerprint density at radius 1 is 1.44 bits per heavy atom. The van der Waals surface area contributed by atoms with Gasteiger partial charge in [0.1, 0.15) is 17.2 Å². The summed E-state index contributed by atoms with van der Waals surface area (Å²) >= 11 is 0. The first-order valence-corrected chi connectivity index (χ1v) is 8.74. The number of aromatic nitrogens is 1. The normalized spacial score (nSPS) is 20.6. The van der Waals surface area contributed by atoms with Gasteiger partial charge in [-0.3, -0.25) is 9.36 Å². The highest BCUT2D eigenvalue weighted by Gasteiger charge is 2.40. The molecule has 0 spiro atoms. The molecule has 0 amide bonds. The first-order valence-electron chi connectivity index (χ1n) is 8.74. The predicted molar refractivity (Wildman–Crippen MR) is 107 cm³/mol. The van der Waals surface area contributed by atoms with E-state index >= 15 is 0 Å². The van der Waals surface area contributed by atoms with E-state index in [-0.39, 0.29) is 5.56 Å². The number of rotatable bonds is 7. The zero-order valence-corrected chi connectivity index (χ0v) is 15.4. The van der Waals surface area contributed by atoms with Crippen molar-refractivity contribution in [1.29, 1.82) is 0 Å². The van der Waals surface area contributed by atoms with Crippen molar-refractivity contribution in [2.24, 2.45) is 10.9 Å². The maximum atomic E-state index is 13.2. The molecule has 0 aliphatic carbocycles. The van der Waals surface area contributed by atoms with Gasteiger partial charge in [-0.2, -0.15) is 0 Å². The Bertz CT molecular complexity index is 774. The van der Waals surface area contributed by atoms with Crippen LogP contribution in [0.4, 0.5) is 5.69 Å². The molecule has 0 fully saturated rings. The molecule has 134 valence electrons. The molecule has 1 aliphatic heterocycles. The standard InChI is InChI=1S/C20H28N4O/c1-7-14(5)13-20(9-3)23-15(6)17-12-11-16(19(25)24(17)20)22-18(8-2)21-10-4/h8,10-12,14,23H,2,4,6-7,9,13H2,1,3,5H3,(H,21,22)/t14-,20?/m0/s1. The molecular weight excluding hydrogens is 312 g/mol. The summed E-state index contributed by atoms with van der Waals surface area (Å²) in [4.78, 5) is 17.3. The van der Waals surface area contributed by atoms with Gasteiger partial charge in [0.2, 0.25) is 0 Å². The minimum absolute atomic E-state index is 0.0904. The van der Waals surface area contributed by atoms with Crippen molar-refractivity contribution in [3.05, 3.63) is 60.2 Å². The number of pyridine rings is 1. The van der Waals surface area contributed by atoms with Crippen molar-refractivity contribution in [2.45, 2.75) is 45.7 Å². The molecule has 0 radical (unpaired) electrons. The van der Waals surface area contributed by atoms with Crippen LogP contribution in [0, 0.1) is 5.92 Å². The van der Waals surface area contributed by atoms with Gasteiger partial charge in [-0.05, 0) is 37.0 Å². The smallest absolute Gasteiger partial charge is 0.276 e. The van der Waals surface area contributed by atoms with Gasteiger partial charge in [-0.15, -0.1) is 0 Å². The number of aliphatic imine (C=N–C) groups is 1. The highest BCUT2D eigenvalue weighted by Crippen LogP contribution is 2.36. The molecule has 25 heavy (non-hydrogen) atoms. The van der Waals surface area contributed by atoms with Gasteiger partial charge in [0, 0.05) is 6.20 Å². The van der Waals surface area contributed by atoms with Crippen LogP contribution in [0.1, 0.15) is 45.7 Å². The van der Waals surface area contributed by atoms with E-state index in [2.05, 4.69) is 56.1 Å². The molecule has 0 saturated heterocycles. The number of anilines is 1. The van der Waals surface area contributed by atoms with E-state index in [1.807, 2.05) is 10.6 Å². The molecular formula is C20H28N4O. The summed E-state index contributed by atoms with van der Waals surface area (Å²) in [7, 11) is 0. The SMILES string of the molecule is C=CN=C(C=C)Nc1ccc2n(c1=O)C(CC)(C[C@@H](C)CC)NC2=C. The first-order chi connectivity index (χ1) is 11.9. The number of hydrogen-bond acceptors (Lipinski definition) is 3. The average Bonchev–Trinajstić information content (AvgIpc) is 2.89. The molecule has 0 saturated carbocycles. The summed E-state index contributed by atoms with van der Waals surface area (Å²) in [5, 5.41) is 6.52. The molecule has 1 aromatic heterocycles. The lowest BCUT2D eigenvalue weighted by atomic mass is 9.92. The predicted octanol–water partition coefficient (Wildman–Crippen LogP) is 4.06. The molecule has 0 aromatic carbocycles. The Balaban J connectivity index is 2.56. The van der Waals surface area contributed by atoms with Gasteiger partial charge < -0.3 is 10.6 Å². The van der Waals surface area contributed by atoms with E-state index in [0.29, 0.717) is 17.4 Å². The van der Waals surface area contributed by atoms with E-state index in [1.165, 1.54) is 6.20 Å². The van der Waals surface area contributed by atoms with Gasteiger partial charge in [-0.25, -0.2) is 4.99 Å². The molecule has 1 aromatic rings. The zero-order valence-electron chi connectivity index (χ0n) is 15.4. The lowest BCUT2D eigenvalue weighted by Crippen LogP contribution is -2.47. The second-order valence-corrected chi connectivity index (χ2v) is 6.51. The van der Waals surface area contributed by atoms with Gasteiger partial charge in [-0.1, -0.05) is 46.9 Å². The van der Waals surface area contributed by atoms with Crippen molar-refractivity contribution in [1.82, 2.24) is 9.88 Å². The Kier molecular flexibility index (Phi) is 5.67. The fraction of sp³-hybridized carbons (Fsp3) is 0.400. The van der Waals surface area contributed by atoms with Crippen molar-refractivity contribution in [2.75, 3.05) is 5.32 Å². The van der Waals surface area contributed by atoms with Crippen LogP contribution in [0.3, 0.4) is 0 Å². The molecule has 0 bridgehead atoms. The van der Waals surface area contributed by atoms with Gasteiger partial charge in [0.05, 0.1) is 11.4 Å². The van der Waals surface area contributed by atoms with E-state index < -0.39 is 5.66 Å². The van der Waals surface area contributed by atoms with Gasteiger partial charge >= 0.3 is 0 Å². The number of nitrogens with one attached hydrogen (secondary N) is 2. The topological polar surface area (TPSA) is 58.4 Å². The molecule has 2 heterocycles. The maximum Gasteiger partial charge on any atom is 0.276 e. The Hall–Kier alpha value is -2.56. The van der Waals surface area contributed by atoms with Crippen LogP contribution in [-0.4, -0.2) is 10.4 Å². The first kappa shape index (κ1) is 18.8. The quantitative estimate of drug-likeness (QED) is 0.581. The van der Waals surface area contributed by atoms with Gasteiger partial charge in [0.25, 0.3) is 5.56 Å². The van der Waals surface area contributed by atoms with Crippen LogP contribution >= 0.6 is 0 Å². The second-order valence-electron chi connectivity index (χ2n) is 6.51. The summed E-state index contributed by atoms with van der Waals surface area (Å²) in [5.74, 6) is 0.974. The summed E-state index contributed by atoms with van der Waals surface area (Å²) in [5.41, 5.74) is 1.55. The number of fused-ring (bicyclic) bond motifs is 1. The second kappa shape index (κ2) is 7.55. The fourth-order valence-electron chi connectivity index (χ4n) is 3.32. The minimum Gasteiger partial charge on any atom is -0.361 e.